The molecule has 16 heavy (non-hydrogen) atoms. The molecule has 0 saturated carbocycles. The van der Waals surface area contributed by atoms with Crippen molar-refractivity contribution >= 4 is 11.8 Å². The highest BCUT2D eigenvalue weighted by Crippen LogP contribution is 2.11. The Hall–Kier alpha value is -1.10. The van der Waals surface area contributed by atoms with E-state index in [9.17, 15) is 9.59 Å². The van der Waals surface area contributed by atoms with E-state index in [0.717, 1.165) is 12.8 Å². The van der Waals surface area contributed by atoms with Gasteiger partial charge in [-0.1, -0.05) is 13.8 Å². The van der Waals surface area contributed by atoms with Crippen LogP contribution in [0.1, 0.15) is 26.7 Å². The summed E-state index contributed by atoms with van der Waals surface area (Å²) < 4.78 is 5.20. The summed E-state index contributed by atoms with van der Waals surface area (Å²) in [5.74, 6) is 0.0788. The Bertz CT molecular complexity index is 248. The lowest BCUT2D eigenvalue weighted by Gasteiger charge is -2.11. The van der Waals surface area contributed by atoms with E-state index in [1.165, 1.54) is 0 Å². The van der Waals surface area contributed by atoms with Gasteiger partial charge in [-0.05, 0) is 18.8 Å². The van der Waals surface area contributed by atoms with Crippen LogP contribution >= 0.6 is 0 Å². The van der Waals surface area contributed by atoms with E-state index < -0.39 is 0 Å². The first kappa shape index (κ1) is 13.0. The number of carbonyl (C=O) groups excluding carboxylic acids is 2. The van der Waals surface area contributed by atoms with Crippen LogP contribution < -0.4 is 10.6 Å². The van der Waals surface area contributed by atoms with Crippen molar-refractivity contribution in [3.63, 3.8) is 0 Å². The largest absolute Gasteiger partial charge is 0.368 e. The van der Waals surface area contributed by atoms with E-state index in [1.807, 2.05) is 13.8 Å². The molecule has 0 aliphatic carbocycles. The smallest absolute Gasteiger partial charge is 0.249 e. The number of carbonyl (C=O) groups is 2. The molecule has 1 aliphatic heterocycles. The molecule has 1 rings (SSSR count). The Morgan fingerprint density at radius 2 is 2.12 bits per heavy atom. The Morgan fingerprint density at radius 3 is 2.69 bits per heavy atom. The van der Waals surface area contributed by atoms with Gasteiger partial charge in [-0.3, -0.25) is 9.59 Å². The molecule has 1 aliphatic rings. The fourth-order valence-corrected chi connectivity index (χ4v) is 1.45. The average molecular weight is 228 g/mol. The zero-order valence-corrected chi connectivity index (χ0v) is 9.91. The van der Waals surface area contributed by atoms with Crippen molar-refractivity contribution in [3.05, 3.63) is 0 Å². The van der Waals surface area contributed by atoms with Gasteiger partial charge in [0.2, 0.25) is 11.8 Å². The van der Waals surface area contributed by atoms with Crippen LogP contribution in [0.5, 0.6) is 0 Å². The lowest BCUT2D eigenvalue weighted by atomic mass is 10.2. The van der Waals surface area contributed by atoms with Crippen molar-refractivity contribution in [2.75, 3.05) is 19.7 Å². The summed E-state index contributed by atoms with van der Waals surface area (Å²) in [6, 6.07) is 0. The van der Waals surface area contributed by atoms with Crippen molar-refractivity contribution < 1.29 is 14.3 Å². The van der Waals surface area contributed by atoms with Crippen molar-refractivity contribution in [3.8, 4) is 0 Å². The monoisotopic (exact) mass is 228 g/mol. The number of nitrogens with one attached hydrogen (secondary N) is 2. The molecule has 0 aromatic carbocycles. The molecule has 1 atom stereocenters. The van der Waals surface area contributed by atoms with Gasteiger partial charge in [-0.2, -0.15) is 0 Å². The first-order valence-corrected chi connectivity index (χ1v) is 5.75. The van der Waals surface area contributed by atoms with Crippen molar-refractivity contribution in [2.45, 2.75) is 32.8 Å². The van der Waals surface area contributed by atoms with Crippen LogP contribution in [-0.4, -0.2) is 37.6 Å². The lowest BCUT2D eigenvalue weighted by molar-refractivity contribution is -0.132. The number of hydrogen-bond donors (Lipinski definition) is 2. The third-order valence-electron chi connectivity index (χ3n) is 2.35. The minimum absolute atomic E-state index is 0.0331. The zero-order valence-electron chi connectivity index (χ0n) is 9.91. The van der Waals surface area contributed by atoms with Gasteiger partial charge < -0.3 is 15.4 Å². The van der Waals surface area contributed by atoms with Crippen molar-refractivity contribution in [1.29, 1.82) is 0 Å². The van der Waals surface area contributed by atoms with Crippen LogP contribution in [0.2, 0.25) is 0 Å². The van der Waals surface area contributed by atoms with E-state index >= 15 is 0 Å². The molecule has 92 valence electrons. The Morgan fingerprint density at radius 1 is 1.38 bits per heavy atom. The molecule has 0 aromatic rings. The number of rotatable bonds is 5. The van der Waals surface area contributed by atoms with Crippen LogP contribution in [0, 0.1) is 5.92 Å². The Kier molecular flexibility index (Phi) is 5.25. The predicted octanol–water partition coefficient (Wildman–Crippen LogP) is 0.0538. The van der Waals surface area contributed by atoms with Gasteiger partial charge in [0.15, 0.2) is 0 Å². The quantitative estimate of drug-likeness (QED) is 0.699. The fourth-order valence-electron chi connectivity index (χ4n) is 1.45. The van der Waals surface area contributed by atoms with Crippen LogP contribution in [0.4, 0.5) is 0 Å². The summed E-state index contributed by atoms with van der Waals surface area (Å²) in [7, 11) is 0. The minimum Gasteiger partial charge on any atom is -0.368 e. The molecule has 0 radical (unpaired) electrons. The molecule has 1 fully saturated rings. The second kappa shape index (κ2) is 6.48. The molecule has 5 nitrogen and oxygen atoms in total. The van der Waals surface area contributed by atoms with Crippen LogP contribution in [0.3, 0.4) is 0 Å². The summed E-state index contributed by atoms with van der Waals surface area (Å²) in [4.78, 5) is 22.8. The van der Waals surface area contributed by atoms with Crippen LogP contribution in [-0.2, 0) is 14.3 Å². The first-order valence-electron chi connectivity index (χ1n) is 5.75. The predicted molar refractivity (Wildman–Crippen MR) is 59.8 cm³/mol. The summed E-state index contributed by atoms with van der Waals surface area (Å²) in [5, 5.41) is 5.31. The third-order valence-corrected chi connectivity index (χ3v) is 2.35. The van der Waals surface area contributed by atoms with Gasteiger partial charge in [0.1, 0.15) is 6.10 Å². The standard InChI is InChI=1S/C11H20N2O3/c1-8(2)6-12-10(14)7-13-11(15)9-4-3-5-16-9/h8-9H,3-7H2,1-2H3,(H,12,14)(H,13,15). The van der Waals surface area contributed by atoms with E-state index in [0.29, 0.717) is 19.1 Å². The molecule has 0 spiro atoms. The molecule has 0 aromatic heterocycles. The number of hydrogen-bond acceptors (Lipinski definition) is 3. The second-order valence-corrected chi connectivity index (χ2v) is 4.42. The van der Waals surface area contributed by atoms with Gasteiger partial charge in [0.05, 0.1) is 6.54 Å². The topological polar surface area (TPSA) is 67.4 Å². The summed E-state index contributed by atoms with van der Waals surface area (Å²) in [5.41, 5.74) is 0. The molecule has 2 N–H and O–H groups in total. The van der Waals surface area contributed by atoms with Gasteiger partial charge in [-0.25, -0.2) is 0 Å². The first-order chi connectivity index (χ1) is 7.59. The summed E-state index contributed by atoms with van der Waals surface area (Å²) in [6.07, 6.45) is 1.30. The van der Waals surface area contributed by atoms with Crippen molar-refractivity contribution in [2.24, 2.45) is 5.92 Å². The average Bonchev–Trinajstić information content (AvgIpc) is 2.76. The maximum absolute atomic E-state index is 11.5. The summed E-state index contributed by atoms with van der Waals surface area (Å²) >= 11 is 0. The third kappa shape index (κ3) is 4.61. The lowest BCUT2D eigenvalue weighted by Crippen LogP contribution is -2.42. The maximum Gasteiger partial charge on any atom is 0.249 e. The molecule has 1 heterocycles. The molecular weight excluding hydrogens is 208 g/mol. The maximum atomic E-state index is 11.5. The molecule has 0 bridgehead atoms. The molecule has 2 amide bonds. The zero-order chi connectivity index (χ0) is 12.0. The highest BCUT2D eigenvalue weighted by atomic mass is 16.5. The molecule has 1 unspecified atom stereocenters. The minimum atomic E-state index is -0.363. The van der Waals surface area contributed by atoms with Gasteiger partial charge in [-0.15, -0.1) is 0 Å². The normalized spacial score (nSPS) is 19.8. The van der Waals surface area contributed by atoms with Crippen molar-refractivity contribution in [1.82, 2.24) is 10.6 Å². The van der Waals surface area contributed by atoms with Crippen LogP contribution in [0.25, 0.3) is 0 Å². The van der Waals surface area contributed by atoms with E-state index in [4.69, 9.17) is 4.74 Å². The van der Waals surface area contributed by atoms with Gasteiger partial charge in [0.25, 0.3) is 0 Å². The Balaban J connectivity index is 2.13. The molecular formula is C11H20N2O3. The highest BCUT2D eigenvalue weighted by Gasteiger charge is 2.23. The van der Waals surface area contributed by atoms with E-state index in [1.54, 1.807) is 0 Å². The Labute approximate surface area is 95.9 Å². The fraction of sp³-hybridized carbons (Fsp3) is 0.818. The number of ether oxygens (including phenoxy) is 1. The molecule has 1 saturated heterocycles. The highest BCUT2D eigenvalue weighted by molar-refractivity contribution is 5.86. The van der Waals surface area contributed by atoms with E-state index in [2.05, 4.69) is 10.6 Å². The van der Waals surface area contributed by atoms with Gasteiger partial charge >= 0.3 is 0 Å². The molecule has 5 heteroatoms. The second-order valence-electron chi connectivity index (χ2n) is 4.42. The van der Waals surface area contributed by atoms with E-state index in [-0.39, 0.29) is 24.5 Å². The summed E-state index contributed by atoms with van der Waals surface area (Å²) in [6.45, 7) is 5.34. The van der Waals surface area contributed by atoms with Crippen LogP contribution in [0.15, 0.2) is 0 Å². The number of amides is 2. The van der Waals surface area contributed by atoms with Gasteiger partial charge in [0, 0.05) is 13.2 Å². The SMILES string of the molecule is CC(C)CNC(=O)CNC(=O)C1CCCO1.